The minimum absolute atomic E-state index is 0.0323. The maximum Gasteiger partial charge on any atom is 0.251 e. The van der Waals surface area contributed by atoms with E-state index in [9.17, 15) is 18.0 Å². The Balaban J connectivity index is 1.67. The number of unbranched alkanes of at least 4 members (excludes halogenated alkanes) is 1. The highest BCUT2D eigenvalue weighted by Gasteiger charge is 2.30. The van der Waals surface area contributed by atoms with Gasteiger partial charge in [0.1, 0.15) is 12.3 Å². The standard InChI is InChI=1S/C20H25N3O5S/c1-2-3-4-17(20(25)23-10-13-29(26,27)14-11-23)22-18(24)15-5-7-16(8-6-15)19-21-9-12-28-19/h5-9,12,17H,2-4,10-11,13-14H2,1H3,(H,22,24)/t17-/m0/s1. The summed E-state index contributed by atoms with van der Waals surface area (Å²) in [6, 6.07) is 6.11. The van der Waals surface area contributed by atoms with Gasteiger partial charge in [-0.25, -0.2) is 13.4 Å². The third-order valence-corrected chi connectivity index (χ3v) is 6.54. The maximum atomic E-state index is 12.9. The van der Waals surface area contributed by atoms with Crippen LogP contribution < -0.4 is 5.32 Å². The maximum absolute atomic E-state index is 12.9. The van der Waals surface area contributed by atoms with Gasteiger partial charge < -0.3 is 14.6 Å². The van der Waals surface area contributed by atoms with Gasteiger partial charge in [0, 0.05) is 24.2 Å². The molecule has 1 N–H and O–H groups in total. The van der Waals surface area contributed by atoms with Gasteiger partial charge in [0.05, 0.1) is 17.7 Å². The first kappa shape index (κ1) is 21.0. The Morgan fingerprint density at radius 2 is 1.90 bits per heavy atom. The summed E-state index contributed by atoms with van der Waals surface area (Å²) in [6.45, 7) is 2.35. The summed E-state index contributed by atoms with van der Waals surface area (Å²) in [5, 5.41) is 2.82. The number of aromatic nitrogens is 1. The quantitative estimate of drug-likeness (QED) is 0.734. The van der Waals surface area contributed by atoms with Crippen LogP contribution in [0.5, 0.6) is 0 Å². The summed E-state index contributed by atoms with van der Waals surface area (Å²) in [5.74, 6) is -0.167. The zero-order valence-electron chi connectivity index (χ0n) is 16.3. The molecule has 2 amide bonds. The van der Waals surface area contributed by atoms with Crippen molar-refractivity contribution in [3.63, 3.8) is 0 Å². The Morgan fingerprint density at radius 3 is 2.48 bits per heavy atom. The number of benzene rings is 1. The summed E-state index contributed by atoms with van der Waals surface area (Å²) in [5.41, 5.74) is 1.18. The van der Waals surface area contributed by atoms with Gasteiger partial charge in [-0.3, -0.25) is 9.59 Å². The van der Waals surface area contributed by atoms with Gasteiger partial charge in [0.15, 0.2) is 9.84 Å². The van der Waals surface area contributed by atoms with E-state index in [1.807, 2.05) is 6.92 Å². The molecule has 1 aromatic heterocycles. The van der Waals surface area contributed by atoms with Gasteiger partial charge in [0.2, 0.25) is 11.8 Å². The van der Waals surface area contributed by atoms with Crippen LogP contribution >= 0.6 is 0 Å². The molecule has 2 aromatic rings. The van der Waals surface area contributed by atoms with Crippen LogP contribution in [0.4, 0.5) is 0 Å². The molecule has 1 atom stereocenters. The summed E-state index contributed by atoms with van der Waals surface area (Å²) in [7, 11) is -3.07. The van der Waals surface area contributed by atoms with Gasteiger partial charge in [-0.15, -0.1) is 0 Å². The van der Waals surface area contributed by atoms with Crippen molar-refractivity contribution in [1.29, 1.82) is 0 Å². The molecule has 3 rings (SSSR count). The number of sulfone groups is 1. The molecule has 9 heteroatoms. The molecule has 0 bridgehead atoms. The van der Waals surface area contributed by atoms with Crippen LogP contribution in [0, 0.1) is 0 Å². The molecule has 29 heavy (non-hydrogen) atoms. The summed E-state index contributed by atoms with van der Waals surface area (Å²) in [4.78, 5) is 31.2. The van der Waals surface area contributed by atoms with Gasteiger partial charge in [0.25, 0.3) is 5.91 Å². The fourth-order valence-corrected chi connectivity index (χ4v) is 4.39. The first-order valence-corrected chi connectivity index (χ1v) is 11.5. The van der Waals surface area contributed by atoms with Crippen LogP contribution in [0.1, 0.15) is 36.5 Å². The van der Waals surface area contributed by atoms with E-state index in [4.69, 9.17) is 4.42 Å². The molecule has 1 fully saturated rings. The highest BCUT2D eigenvalue weighted by Crippen LogP contribution is 2.18. The Bertz CT molecular complexity index is 925. The minimum atomic E-state index is -3.07. The molecule has 0 saturated carbocycles. The molecular weight excluding hydrogens is 394 g/mol. The van der Waals surface area contributed by atoms with Gasteiger partial charge in [-0.05, 0) is 30.7 Å². The predicted octanol–water partition coefficient (Wildman–Crippen LogP) is 1.89. The number of nitrogens with one attached hydrogen (secondary N) is 1. The monoisotopic (exact) mass is 419 g/mol. The van der Waals surface area contributed by atoms with Gasteiger partial charge in [-0.1, -0.05) is 19.8 Å². The lowest BCUT2D eigenvalue weighted by atomic mass is 10.1. The lowest BCUT2D eigenvalue weighted by molar-refractivity contribution is -0.133. The van der Waals surface area contributed by atoms with E-state index in [1.54, 1.807) is 30.5 Å². The van der Waals surface area contributed by atoms with Crippen molar-refractivity contribution in [3.05, 3.63) is 42.3 Å². The van der Waals surface area contributed by atoms with Gasteiger partial charge >= 0.3 is 0 Å². The third kappa shape index (κ3) is 5.44. The summed E-state index contributed by atoms with van der Waals surface area (Å²) >= 11 is 0. The van der Waals surface area contributed by atoms with Crippen LogP contribution in [0.2, 0.25) is 0 Å². The summed E-state index contributed by atoms with van der Waals surface area (Å²) < 4.78 is 28.5. The minimum Gasteiger partial charge on any atom is -0.445 e. The molecule has 156 valence electrons. The number of hydrogen-bond donors (Lipinski definition) is 1. The van der Waals surface area contributed by atoms with E-state index >= 15 is 0 Å². The largest absolute Gasteiger partial charge is 0.445 e. The van der Waals surface area contributed by atoms with E-state index in [1.165, 1.54) is 11.2 Å². The third-order valence-electron chi connectivity index (χ3n) is 4.93. The molecule has 0 spiro atoms. The fourth-order valence-electron chi connectivity index (χ4n) is 3.19. The Labute approximate surface area is 170 Å². The van der Waals surface area contributed by atoms with Crippen molar-refractivity contribution in [3.8, 4) is 11.5 Å². The normalized spacial score (nSPS) is 16.9. The number of carbonyl (C=O) groups excluding carboxylic acids is 2. The molecular formula is C20H25N3O5S. The smallest absolute Gasteiger partial charge is 0.251 e. The number of hydrogen-bond acceptors (Lipinski definition) is 6. The molecule has 0 unspecified atom stereocenters. The van der Waals surface area contributed by atoms with Crippen LogP contribution in [0.25, 0.3) is 11.5 Å². The van der Waals surface area contributed by atoms with Crippen molar-refractivity contribution < 1.29 is 22.4 Å². The van der Waals surface area contributed by atoms with Crippen molar-refractivity contribution in [2.75, 3.05) is 24.6 Å². The molecule has 1 saturated heterocycles. The number of nitrogens with zero attached hydrogens (tertiary/aromatic N) is 2. The average Bonchev–Trinajstić information content (AvgIpc) is 3.25. The van der Waals surface area contributed by atoms with Crippen molar-refractivity contribution in [2.24, 2.45) is 0 Å². The van der Waals surface area contributed by atoms with Crippen molar-refractivity contribution >= 4 is 21.7 Å². The second-order valence-electron chi connectivity index (χ2n) is 7.06. The molecule has 8 nitrogen and oxygen atoms in total. The SMILES string of the molecule is CCCC[C@H](NC(=O)c1ccc(-c2ncco2)cc1)C(=O)N1CCS(=O)(=O)CC1. The van der Waals surface area contributed by atoms with E-state index < -0.39 is 15.9 Å². The van der Waals surface area contributed by atoms with Crippen molar-refractivity contribution in [1.82, 2.24) is 15.2 Å². The van der Waals surface area contributed by atoms with Crippen molar-refractivity contribution in [2.45, 2.75) is 32.2 Å². The van der Waals surface area contributed by atoms with Crippen LogP contribution in [0.3, 0.4) is 0 Å². The highest BCUT2D eigenvalue weighted by atomic mass is 32.2. The number of rotatable bonds is 7. The lowest BCUT2D eigenvalue weighted by Gasteiger charge is -2.30. The van der Waals surface area contributed by atoms with Crippen LogP contribution in [0.15, 0.2) is 41.1 Å². The fraction of sp³-hybridized carbons (Fsp3) is 0.450. The average molecular weight is 420 g/mol. The molecule has 0 aliphatic carbocycles. The second-order valence-corrected chi connectivity index (χ2v) is 9.36. The van der Waals surface area contributed by atoms with Crippen LogP contribution in [-0.4, -0.2) is 60.8 Å². The van der Waals surface area contributed by atoms with E-state index in [2.05, 4.69) is 10.3 Å². The lowest BCUT2D eigenvalue weighted by Crippen LogP contribution is -2.52. The van der Waals surface area contributed by atoms with E-state index in [0.29, 0.717) is 17.9 Å². The highest BCUT2D eigenvalue weighted by molar-refractivity contribution is 7.91. The predicted molar refractivity (Wildman–Crippen MR) is 108 cm³/mol. The second kappa shape index (κ2) is 9.21. The van der Waals surface area contributed by atoms with E-state index in [0.717, 1.165) is 18.4 Å². The molecule has 1 aliphatic heterocycles. The molecule has 1 aliphatic rings. The Hall–Kier alpha value is -2.68. The molecule has 1 aromatic carbocycles. The molecule has 0 radical (unpaired) electrons. The zero-order chi connectivity index (χ0) is 20.9. The summed E-state index contributed by atoms with van der Waals surface area (Å²) in [6.07, 6.45) is 5.21. The number of carbonyl (C=O) groups is 2. The van der Waals surface area contributed by atoms with Crippen LogP contribution in [-0.2, 0) is 14.6 Å². The molecule has 2 heterocycles. The Morgan fingerprint density at radius 1 is 1.21 bits per heavy atom. The zero-order valence-corrected chi connectivity index (χ0v) is 17.2. The van der Waals surface area contributed by atoms with Gasteiger partial charge in [-0.2, -0.15) is 0 Å². The van der Waals surface area contributed by atoms with E-state index in [-0.39, 0.29) is 36.4 Å². The Kier molecular flexibility index (Phi) is 6.68. The number of amides is 2. The number of oxazole rings is 1. The topological polar surface area (TPSA) is 110 Å². The first-order chi connectivity index (χ1) is 13.9. The first-order valence-electron chi connectivity index (χ1n) is 9.69.